The number of nitrogens with one attached hydrogen (secondary N) is 1. The lowest BCUT2D eigenvalue weighted by molar-refractivity contribution is -0.282. The molecular weight excluding hydrogens is 552 g/mol. The third kappa shape index (κ3) is 13.2. The molecule has 0 heterocycles. The second-order valence-electron chi connectivity index (χ2n) is 9.15. The lowest BCUT2D eigenvalue weighted by Crippen LogP contribution is -2.50. The molecule has 0 bridgehead atoms. The van der Waals surface area contributed by atoms with Crippen molar-refractivity contribution in [3.63, 3.8) is 0 Å². The highest BCUT2D eigenvalue weighted by Gasteiger charge is 2.32. The number of hydrogen-bond acceptors (Lipinski definition) is 10. The Morgan fingerprint density at radius 1 is 0.951 bits per heavy atom. The summed E-state index contributed by atoms with van der Waals surface area (Å²) in [5.74, 6) is -0.342. The predicted molar refractivity (Wildman–Crippen MR) is 158 cm³/mol. The van der Waals surface area contributed by atoms with E-state index < -0.39 is 41.3 Å². The summed E-state index contributed by atoms with van der Waals surface area (Å²) in [5.41, 5.74) is 12.7. The molecule has 0 aliphatic carbocycles. The molecule has 2 rings (SSSR count). The third-order valence-electron chi connectivity index (χ3n) is 5.35. The van der Waals surface area contributed by atoms with Gasteiger partial charge in [-0.25, -0.2) is 8.42 Å². The van der Waals surface area contributed by atoms with E-state index in [1.165, 1.54) is 25.1 Å². The second-order valence-corrected chi connectivity index (χ2v) is 11.0. The van der Waals surface area contributed by atoms with Crippen LogP contribution in [0.4, 0.5) is 11.4 Å². The van der Waals surface area contributed by atoms with Crippen LogP contribution in [-0.2, 0) is 40.3 Å². The van der Waals surface area contributed by atoms with Crippen molar-refractivity contribution in [3.8, 4) is 0 Å². The fraction of sp³-hybridized carbons (Fsp3) is 0.536. The lowest BCUT2D eigenvalue weighted by Gasteiger charge is -2.30. The molecule has 2 atom stereocenters. The highest BCUT2D eigenvalue weighted by Crippen LogP contribution is 2.24. The first-order valence-electron chi connectivity index (χ1n) is 13.5. The van der Waals surface area contributed by atoms with Gasteiger partial charge in [0, 0.05) is 26.7 Å². The summed E-state index contributed by atoms with van der Waals surface area (Å²) in [5, 5.41) is 13.6. The van der Waals surface area contributed by atoms with E-state index >= 15 is 0 Å². The average Bonchev–Trinajstić information content (AvgIpc) is 2.90. The number of rotatable bonds is 16. The monoisotopic (exact) mass is 598 g/mol. The number of nitrogen functional groups attached to an aromatic ring is 2. The molecule has 12 nitrogen and oxygen atoms in total. The van der Waals surface area contributed by atoms with Crippen molar-refractivity contribution < 1.29 is 37.4 Å². The number of ether oxygens (including phenoxy) is 3. The van der Waals surface area contributed by atoms with E-state index in [1.807, 2.05) is 51.1 Å². The van der Waals surface area contributed by atoms with Gasteiger partial charge in [-0.1, -0.05) is 34.8 Å². The zero-order valence-corrected chi connectivity index (χ0v) is 25.6. The van der Waals surface area contributed by atoms with Gasteiger partial charge >= 0.3 is 0 Å². The zero-order valence-electron chi connectivity index (χ0n) is 24.8. The first kappa shape index (κ1) is 36.2. The molecule has 2 aromatic carbocycles. The molecule has 1 amide bonds. The molecule has 6 N–H and O–H groups in total. The molecule has 0 saturated heterocycles. The van der Waals surface area contributed by atoms with Crippen LogP contribution >= 0.6 is 0 Å². The number of hydrogen-bond donors (Lipinski definition) is 4. The summed E-state index contributed by atoms with van der Waals surface area (Å²) in [6, 6.07) is 12.5. The van der Waals surface area contributed by atoms with Crippen LogP contribution in [0.25, 0.3) is 0 Å². The Kier molecular flexibility index (Phi) is 16.5. The van der Waals surface area contributed by atoms with Crippen molar-refractivity contribution in [1.29, 1.82) is 0 Å². The van der Waals surface area contributed by atoms with E-state index in [1.54, 1.807) is 13.8 Å². The maximum absolute atomic E-state index is 13.2. The Bertz CT molecular complexity index is 1120. The number of benzene rings is 2. The van der Waals surface area contributed by atoms with Crippen molar-refractivity contribution >= 4 is 27.3 Å². The van der Waals surface area contributed by atoms with Crippen LogP contribution in [0, 0.1) is 0 Å². The number of sulfonamides is 1. The first-order valence-corrected chi connectivity index (χ1v) is 15.0. The maximum Gasteiger partial charge on any atom is 0.271 e. The summed E-state index contributed by atoms with van der Waals surface area (Å²) in [7, 11) is -4.16. The van der Waals surface area contributed by atoms with Crippen LogP contribution in [0.5, 0.6) is 0 Å². The molecule has 0 spiro atoms. The van der Waals surface area contributed by atoms with Gasteiger partial charge in [-0.15, -0.1) is 0 Å². The van der Waals surface area contributed by atoms with E-state index in [9.17, 15) is 18.3 Å². The summed E-state index contributed by atoms with van der Waals surface area (Å²) < 4.78 is 42.3. The molecule has 0 aliphatic heterocycles. The fourth-order valence-electron chi connectivity index (χ4n) is 3.51. The highest BCUT2D eigenvalue weighted by molar-refractivity contribution is 7.89. The van der Waals surface area contributed by atoms with Crippen LogP contribution in [0.2, 0.25) is 0 Å². The van der Waals surface area contributed by atoms with E-state index in [-0.39, 0.29) is 22.2 Å². The molecule has 0 saturated carbocycles. The van der Waals surface area contributed by atoms with Crippen molar-refractivity contribution in [2.45, 2.75) is 77.6 Å². The number of anilines is 2. The van der Waals surface area contributed by atoms with Crippen molar-refractivity contribution in [3.05, 3.63) is 54.1 Å². The Morgan fingerprint density at radius 3 is 1.98 bits per heavy atom. The third-order valence-corrected chi connectivity index (χ3v) is 6.97. The molecule has 13 heteroatoms. The Labute approximate surface area is 243 Å². The zero-order chi connectivity index (χ0) is 31.0. The van der Waals surface area contributed by atoms with Crippen molar-refractivity contribution in [1.82, 2.24) is 9.79 Å². The van der Waals surface area contributed by atoms with E-state index in [0.29, 0.717) is 26.2 Å². The molecule has 0 aliphatic rings. The van der Waals surface area contributed by atoms with Gasteiger partial charge in [-0.05, 0) is 64.8 Å². The summed E-state index contributed by atoms with van der Waals surface area (Å²) in [6.07, 6.45) is -1.42. The molecular formula is C28H46N4O8S. The minimum Gasteiger partial charge on any atom is -0.397 e. The van der Waals surface area contributed by atoms with Gasteiger partial charge in [0.25, 0.3) is 16.5 Å². The van der Waals surface area contributed by atoms with Crippen LogP contribution in [-0.4, -0.2) is 75.0 Å². The minimum absolute atomic E-state index is 0.117. The minimum atomic E-state index is -4.16. The molecule has 0 radical (unpaired) electrons. The van der Waals surface area contributed by atoms with Gasteiger partial charge in [0.05, 0.1) is 41.1 Å². The van der Waals surface area contributed by atoms with Crippen LogP contribution in [0.3, 0.4) is 0 Å². The molecule has 41 heavy (non-hydrogen) atoms. The number of amides is 1. The average molecular weight is 599 g/mol. The topological polar surface area (TPSA) is 176 Å². The smallest absolute Gasteiger partial charge is 0.271 e. The molecule has 0 unspecified atom stereocenters. The van der Waals surface area contributed by atoms with Crippen LogP contribution < -0.4 is 16.8 Å². The SMILES string of the molecule is CC(=O)N[C@@H](Cc1ccccc1)[C@H](O)CN(OC(C)C)S(=O)(=O)c1ccc(N)c(N)c1.CCOC(OCC)OCC. The number of carbonyl (C=O) groups is 1. The van der Waals surface area contributed by atoms with Gasteiger partial charge in [0.15, 0.2) is 0 Å². The standard InChI is InChI=1S/C21H30N4O5S.C7H16O3/c1-14(2)30-25(31(28,29)17-9-10-18(22)19(23)12-17)13-21(27)20(24-15(3)26)11-16-7-5-4-6-8-16;1-4-8-7(9-5-2)10-6-3/h4-10,12,14,20-21,27H,11,13,22-23H2,1-3H3,(H,24,26);7H,4-6H2,1-3H3/t20-,21+;/m0./s1. The van der Waals surface area contributed by atoms with Crippen molar-refractivity contribution in [2.24, 2.45) is 0 Å². The van der Waals surface area contributed by atoms with Gasteiger partial charge < -0.3 is 36.1 Å². The van der Waals surface area contributed by atoms with Crippen LogP contribution in [0.1, 0.15) is 47.1 Å². The Hall–Kier alpha value is -2.78. The molecule has 2 aromatic rings. The van der Waals surface area contributed by atoms with Crippen molar-refractivity contribution in [2.75, 3.05) is 37.8 Å². The van der Waals surface area contributed by atoms with E-state index in [2.05, 4.69) is 5.32 Å². The number of carbonyl (C=O) groups excluding carboxylic acids is 1. The largest absolute Gasteiger partial charge is 0.397 e. The molecule has 0 aromatic heterocycles. The van der Waals surface area contributed by atoms with Gasteiger partial charge in [0.1, 0.15) is 0 Å². The summed E-state index contributed by atoms with van der Waals surface area (Å²) in [4.78, 5) is 17.1. The highest BCUT2D eigenvalue weighted by atomic mass is 32.2. The second kappa shape index (κ2) is 18.6. The molecule has 232 valence electrons. The van der Waals surface area contributed by atoms with E-state index in [0.717, 1.165) is 10.0 Å². The quantitative estimate of drug-likeness (QED) is 0.128. The predicted octanol–water partition coefficient (Wildman–Crippen LogP) is 2.67. The fourth-order valence-corrected chi connectivity index (χ4v) is 4.89. The first-order chi connectivity index (χ1) is 19.3. The number of aliphatic hydroxyl groups is 1. The van der Waals surface area contributed by atoms with Crippen LogP contribution in [0.15, 0.2) is 53.4 Å². The molecule has 0 fully saturated rings. The van der Waals surface area contributed by atoms with Gasteiger partial charge in [-0.3, -0.25) is 9.63 Å². The maximum atomic E-state index is 13.2. The summed E-state index contributed by atoms with van der Waals surface area (Å²) >= 11 is 0. The number of aliphatic hydroxyl groups excluding tert-OH is 1. The lowest BCUT2D eigenvalue weighted by atomic mass is 10.0. The van der Waals surface area contributed by atoms with E-state index in [4.69, 9.17) is 30.5 Å². The number of hydroxylamine groups is 1. The number of nitrogens with zero attached hydrogens (tertiary/aromatic N) is 1. The van der Waals surface area contributed by atoms with Gasteiger partial charge in [0.2, 0.25) is 5.91 Å². The Morgan fingerprint density at radius 2 is 1.51 bits per heavy atom. The van der Waals surface area contributed by atoms with Gasteiger partial charge in [-0.2, -0.15) is 0 Å². The normalized spacial score (nSPS) is 13.1. The Balaban J connectivity index is 0.000000716. The number of nitrogens with two attached hydrogens (primary N) is 2. The summed E-state index contributed by atoms with van der Waals surface area (Å²) in [6.45, 7) is 11.4.